The van der Waals surface area contributed by atoms with Crippen LogP contribution in [-0.2, 0) is 9.59 Å². The highest BCUT2D eigenvalue weighted by Gasteiger charge is 2.15. The van der Waals surface area contributed by atoms with E-state index in [1.54, 1.807) is 30.3 Å². The smallest absolute Gasteiger partial charge is 0.316 e. The third-order valence-corrected chi connectivity index (χ3v) is 4.29. The topological polar surface area (TPSA) is 70.6 Å². The molecular formula is C15H9Cl4N3O2. The molecule has 2 N–H and O–H groups in total. The fourth-order valence-corrected chi connectivity index (χ4v) is 2.24. The first-order valence-corrected chi connectivity index (χ1v) is 7.93. The Kier molecular flexibility index (Phi) is 6.45. The van der Waals surface area contributed by atoms with Crippen molar-refractivity contribution in [2.45, 2.75) is 0 Å². The van der Waals surface area contributed by atoms with Crippen LogP contribution in [0.15, 0.2) is 41.5 Å². The monoisotopic (exact) mass is 403 g/mol. The van der Waals surface area contributed by atoms with E-state index in [0.717, 1.165) is 0 Å². The van der Waals surface area contributed by atoms with Gasteiger partial charge in [-0.05, 0) is 29.8 Å². The second-order valence-corrected chi connectivity index (χ2v) is 6.03. The zero-order valence-corrected chi connectivity index (χ0v) is 14.8. The molecule has 0 aromatic heterocycles. The molecule has 0 aliphatic rings. The van der Waals surface area contributed by atoms with E-state index in [9.17, 15) is 9.59 Å². The summed E-state index contributed by atoms with van der Waals surface area (Å²) in [5, 5.41) is 7.15. The summed E-state index contributed by atoms with van der Waals surface area (Å²) in [6.07, 6.45) is 1.32. The highest BCUT2D eigenvalue weighted by molar-refractivity contribution is 6.45. The van der Waals surface area contributed by atoms with Gasteiger partial charge in [0.1, 0.15) is 0 Å². The van der Waals surface area contributed by atoms with Crippen molar-refractivity contribution in [1.29, 1.82) is 0 Å². The summed E-state index contributed by atoms with van der Waals surface area (Å²) in [6.45, 7) is 0. The number of amides is 2. The molecule has 0 unspecified atom stereocenters. The summed E-state index contributed by atoms with van der Waals surface area (Å²) in [5.41, 5.74) is 2.91. The van der Waals surface area contributed by atoms with Crippen LogP contribution in [0.5, 0.6) is 0 Å². The molecule has 24 heavy (non-hydrogen) atoms. The van der Waals surface area contributed by atoms with E-state index >= 15 is 0 Å². The number of hydrogen-bond donors (Lipinski definition) is 2. The van der Waals surface area contributed by atoms with Gasteiger partial charge in [-0.25, -0.2) is 5.43 Å². The number of nitrogens with zero attached hydrogens (tertiary/aromatic N) is 1. The van der Waals surface area contributed by atoms with Gasteiger partial charge in [0.2, 0.25) is 0 Å². The molecule has 124 valence electrons. The minimum Gasteiger partial charge on any atom is -0.316 e. The van der Waals surface area contributed by atoms with Crippen LogP contribution in [0.4, 0.5) is 5.69 Å². The van der Waals surface area contributed by atoms with Gasteiger partial charge in [-0.2, -0.15) is 5.10 Å². The van der Waals surface area contributed by atoms with Crippen molar-refractivity contribution in [3.63, 3.8) is 0 Å². The molecule has 2 rings (SSSR count). The van der Waals surface area contributed by atoms with Gasteiger partial charge in [0.05, 0.1) is 32.0 Å². The Morgan fingerprint density at radius 2 is 1.67 bits per heavy atom. The Hall–Kier alpha value is -1.79. The quantitative estimate of drug-likeness (QED) is 0.452. The summed E-state index contributed by atoms with van der Waals surface area (Å²) in [5.74, 6) is -1.91. The van der Waals surface area contributed by atoms with Crippen molar-refractivity contribution in [3.8, 4) is 0 Å². The summed E-state index contributed by atoms with van der Waals surface area (Å²) >= 11 is 23.4. The van der Waals surface area contributed by atoms with Gasteiger partial charge in [0, 0.05) is 0 Å². The maximum Gasteiger partial charge on any atom is 0.329 e. The molecule has 5 nitrogen and oxygen atoms in total. The van der Waals surface area contributed by atoms with Crippen LogP contribution < -0.4 is 10.7 Å². The fraction of sp³-hybridized carbons (Fsp3) is 0. The third kappa shape index (κ3) is 4.85. The van der Waals surface area contributed by atoms with E-state index in [4.69, 9.17) is 46.4 Å². The SMILES string of the molecule is O=C(N/N=C/c1ccc(Cl)c(Cl)c1)C(=O)Nc1cccc(Cl)c1Cl. The molecule has 0 spiro atoms. The van der Waals surface area contributed by atoms with E-state index in [1.165, 1.54) is 12.3 Å². The molecule has 0 aliphatic carbocycles. The minimum absolute atomic E-state index is 0.139. The normalized spacial score (nSPS) is 10.7. The fourth-order valence-electron chi connectivity index (χ4n) is 1.59. The first-order valence-electron chi connectivity index (χ1n) is 6.42. The van der Waals surface area contributed by atoms with Crippen molar-refractivity contribution in [1.82, 2.24) is 5.43 Å². The molecule has 0 atom stereocenters. The molecule has 2 aromatic carbocycles. The number of hydrogen-bond acceptors (Lipinski definition) is 3. The maximum absolute atomic E-state index is 11.8. The lowest BCUT2D eigenvalue weighted by atomic mass is 10.2. The van der Waals surface area contributed by atoms with Crippen molar-refractivity contribution in [3.05, 3.63) is 62.1 Å². The number of anilines is 1. The standard InChI is InChI=1S/C15H9Cl4N3O2/c16-9-5-4-8(6-11(9)18)7-20-22-15(24)14(23)21-12-3-1-2-10(17)13(12)19/h1-7H,(H,21,23)(H,22,24)/b20-7+. The molecule has 9 heteroatoms. The van der Waals surface area contributed by atoms with Gasteiger partial charge in [-0.1, -0.05) is 58.5 Å². The Morgan fingerprint density at radius 3 is 2.38 bits per heavy atom. The Labute approximate surface area is 157 Å². The number of nitrogens with one attached hydrogen (secondary N) is 2. The van der Waals surface area contributed by atoms with E-state index in [-0.39, 0.29) is 15.7 Å². The lowest BCUT2D eigenvalue weighted by molar-refractivity contribution is -0.136. The van der Waals surface area contributed by atoms with Crippen molar-refractivity contribution in [2.75, 3.05) is 5.32 Å². The third-order valence-electron chi connectivity index (χ3n) is 2.73. The van der Waals surface area contributed by atoms with Crippen LogP contribution in [0, 0.1) is 0 Å². The van der Waals surface area contributed by atoms with Crippen LogP contribution in [-0.4, -0.2) is 18.0 Å². The first-order chi connectivity index (χ1) is 11.4. The number of halogens is 4. The molecule has 0 fully saturated rings. The maximum atomic E-state index is 11.8. The Balaban J connectivity index is 1.96. The predicted molar refractivity (Wildman–Crippen MR) is 97.3 cm³/mol. The van der Waals surface area contributed by atoms with Crippen LogP contribution in [0.1, 0.15) is 5.56 Å². The van der Waals surface area contributed by atoms with Crippen molar-refractivity contribution < 1.29 is 9.59 Å². The van der Waals surface area contributed by atoms with E-state index in [1.807, 2.05) is 0 Å². The van der Waals surface area contributed by atoms with Crippen molar-refractivity contribution in [2.24, 2.45) is 5.10 Å². The lowest BCUT2D eigenvalue weighted by Gasteiger charge is -2.06. The van der Waals surface area contributed by atoms with Crippen LogP contribution >= 0.6 is 46.4 Å². The molecule has 0 saturated heterocycles. The van der Waals surface area contributed by atoms with E-state index < -0.39 is 11.8 Å². The van der Waals surface area contributed by atoms with E-state index in [0.29, 0.717) is 15.6 Å². The van der Waals surface area contributed by atoms with Gasteiger partial charge < -0.3 is 5.32 Å². The predicted octanol–water partition coefficient (Wildman–Crippen LogP) is 4.39. The summed E-state index contributed by atoms with van der Waals surface area (Å²) in [4.78, 5) is 23.5. The minimum atomic E-state index is -0.970. The molecule has 0 heterocycles. The summed E-state index contributed by atoms with van der Waals surface area (Å²) < 4.78 is 0. The number of benzene rings is 2. The Bertz CT molecular complexity index is 824. The van der Waals surface area contributed by atoms with Gasteiger partial charge in [0.15, 0.2) is 0 Å². The van der Waals surface area contributed by atoms with E-state index in [2.05, 4.69) is 15.8 Å². The zero-order valence-electron chi connectivity index (χ0n) is 11.8. The van der Waals surface area contributed by atoms with Crippen molar-refractivity contribution >= 4 is 70.1 Å². The average Bonchev–Trinajstić information content (AvgIpc) is 2.55. The highest BCUT2D eigenvalue weighted by atomic mass is 35.5. The molecule has 0 saturated carbocycles. The summed E-state index contributed by atoms with van der Waals surface area (Å²) in [7, 11) is 0. The second kappa shape index (κ2) is 8.35. The number of carbonyl (C=O) groups is 2. The molecule has 0 aliphatic heterocycles. The molecule has 2 aromatic rings. The van der Waals surface area contributed by atoms with Gasteiger partial charge >= 0.3 is 11.8 Å². The highest BCUT2D eigenvalue weighted by Crippen LogP contribution is 2.29. The first kappa shape index (κ1) is 18.5. The largest absolute Gasteiger partial charge is 0.329 e. The number of carbonyl (C=O) groups excluding carboxylic acids is 2. The molecule has 0 bridgehead atoms. The van der Waals surface area contributed by atoms with Gasteiger partial charge in [-0.15, -0.1) is 0 Å². The van der Waals surface area contributed by atoms with Gasteiger partial charge in [-0.3, -0.25) is 9.59 Å². The molecular weight excluding hydrogens is 396 g/mol. The lowest BCUT2D eigenvalue weighted by Crippen LogP contribution is -2.32. The number of rotatable bonds is 3. The van der Waals surface area contributed by atoms with Crippen LogP contribution in [0.25, 0.3) is 0 Å². The second-order valence-electron chi connectivity index (χ2n) is 4.43. The molecule has 2 amide bonds. The average molecular weight is 405 g/mol. The van der Waals surface area contributed by atoms with Gasteiger partial charge in [0.25, 0.3) is 0 Å². The van der Waals surface area contributed by atoms with Crippen LogP contribution in [0.3, 0.4) is 0 Å². The number of hydrazone groups is 1. The molecule has 0 radical (unpaired) electrons. The van der Waals surface area contributed by atoms with Crippen LogP contribution in [0.2, 0.25) is 20.1 Å². The summed E-state index contributed by atoms with van der Waals surface area (Å²) in [6, 6.07) is 9.45. The Morgan fingerprint density at radius 1 is 0.917 bits per heavy atom. The zero-order chi connectivity index (χ0) is 17.7.